The predicted molar refractivity (Wildman–Crippen MR) is 54.7 cm³/mol. The zero-order chi connectivity index (χ0) is 11.3. The maximum absolute atomic E-state index is 10.9. The highest BCUT2D eigenvalue weighted by Crippen LogP contribution is 1.98. The van der Waals surface area contributed by atoms with E-state index in [0.29, 0.717) is 32.8 Å². The molecule has 1 radical (unpaired) electrons. The molecule has 1 saturated heterocycles. The van der Waals surface area contributed by atoms with Crippen LogP contribution >= 0.6 is 0 Å². The summed E-state index contributed by atoms with van der Waals surface area (Å²) in [4.78, 5) is 12.5. The Morgan fingerprint density at radius 2 is 2.07 bits per heavy atom. The van der Waals surface area contributed by atoms with Crippen molar-refractivity contribution in [2.75, 3.05) is 39.1 Å². The van der Waals surface area contributed by atoms with E-state index >= 15 is 0 Å². The van der Waals surface area contributed by atoms with Crippen LogP contribution in [0.5, 0.6) is 0 Å². The number of morpholine rings is 1. The van der Waals surface area contributed by atoms with Crippen molar-refractivity contribution >= 4 is 16.3 Å². The maximum Gasteiger partial charge on any atom is 0.219 e. The van der Waals surface area contributed by atoms with Crippen molar-refractivity contribution in [2.45, 2.75) is 6.04 Å². The smallest absolute Gasteiger partial charge is 0.219 e. The summed E-state index contributed by atoms with van der Waals surface area (Å²) < 4.78 is 29.2. The summed E-state index contributed by atoms with van der Waals surface area (Å²) in [7, 11) is -3.36. The third-order valence-corrected chi connectivity index (χ3v) is 2.76. The minimum atomic E-state index is -3.36. The van der Waals surface area contributed by atoms with Gasteiger partial charge in [0.05, 0.1) is 19.5 Å². The second-order valence-corrected chi connectivity index (χ2v) is 5.25. The van der Waals surface area contributed by atoms with Gasteiger partial charge in [-0.15, -0.1) is 0 Å². The Balaban J connectivity index is 2.42. The Bertz CT molecular complexity index is 298. The molecule has 0 aromatic heterocycles. The first kappa shape index (κ1) is 12.6. The Morgan fingerprint density at radius 3 is 2.53 bits per heavy atom. The van der Waals surface area contributed by atoms with Gasteiger partial charge in [-0.25, -0.2) is 13.1 Å². The third kappa shape index (κ3) is 5.22. The average molecular weight is 235 g/mol. The fraction of sp³-hybridized carbons (Fsp3) is 0.875. The summed E-state index contributed by atoms with van der Waals surface area (Å²) in [6, 6.07) is -0.793. The van der Waals surface area contributed by atoms with E-state index in [9.17, 15) is 13.2 Å². The summed E-state index contributed by atoms with van der Waals surface area (Å²) >= 11 is 0. The summed E-state index contributed by atoms with van der Waals surface area (Å²) in [5, 5.41) is 0. The van der Waals surface area contributed by atoms with E-state index in [2.05, 4.69) is 4.72 Å². The SMILES string of the molecule is CS(=O)(=O)NC([C]=O)CN1CCOCC1. The van der Waals surface area contributed by atoms with Crippen LogP contribution in [0.25, 0.3) is 0 Å². The lowest BCUT2D eigenvalue weighted by molar-refractivity contribution is 0.0370. The summed E-state index contributed by atoms with van der Waals surface area (Å²) in [5.74, 6) is 0. The fourth-order valence-corrected chi connectivity index (χ4v) is 2.04. The van der Waals surface area contributed by atoms with Gasteiger partial charge in [0, 0.05) is 19.6 Å². The lowest BCUT2D eigenvalue weighted by Crippen LogP contribution is -2.47. The largest absolute Gasteiger partial charge is 0.379 e. The minimum absolute atomic E-state index is 0.347. The molecule has 0 aromatic carbocycles. The van der Waals surface area contributed by atoms with E-state index in [-0.39, 0.29) is 0 Å². The Hall–Kier alpha value is -0.500. The molecule has 0 spiro atoms. The van der Waals surface area contributed by atoms with Crippen molar-refractivity contribution in [2.24, 2.45) is 0 Å². The molecule has 7 heteroatoms. The molecule has 6 nitrogen and oxygen atoms in total. The number of nitrogens with zero attached hydrogens (tertiary/aromatic N) is 1. The van der Waals surface area contributed by atoms with Crippen molar-refractivity contribution in [1.29, 1.82) is 0 Å². The number of ether oxygens (including phenoxy) is 1. The van der Waals surface area contributed by atoms with Gasteiger partial charge in [-0.2, -0.15) is 0 Å². The highest BCUT2D eigenvalue weighted by Gasteiger charge is 2.19. The van der Waals surface area contributed by atoms with E-state index in [0.717, 1.165) is 6.26 Å². The molecule has 1 rings (SSSR count). The molecule has 1 atom stereocenters. The Kier molecular flexibility index (Phi) is 4.65. The molecule has 15 heavy (non-hydrogen) atoms. The maximum atomic E-state index is 10.9. The van der Waals surface area contributed by atoms with Gasteiger partial charge in [-0.3, -0.25) is 9.69 Å². The van der Waals surface area contributed by atoms with Crippen LogP contribution in [0.15, 0.2) is 0 Å². The lowest BCUT2D eigenvalue weighted by atomic mass is 10.3. The molecule has 1 aliphatic heterocycles. The first-order valence-electron chi connectivity index (χ1n) is 4.66. The summed E-state index contributed by atoms with van der Waals surface area (Å²) in [6.07, 6.45) is 2.71. The van der Waals surface area contributed by atoms with Gasteiger partial charge < -0.3 is 4.74 Å². The molecular weight excluding hydrogens is 220 g/mol. The van der Waals surface area contributed by atoms with Crippen molar-refractivity contribution in [3.05, 3.63) is 0 Å². The van der Waals surface area contributed by atoms with Crippen molar-refractivity contribution < 1.29 is 17.9 Å². The first-order valence-corrected chi connectivity index (χ1v) is 6.55. The zero-order valence-corrected chi connectivity index (χ0v) is 9.42. The number of hydrogen-bond acceptors (Lipinski definition) is 5. The first-order chi connectivity index (χ1) is 7.01. The highest BCUT2D eigenvalue weighted by atomic mass is 32.2. The van der Waals surface area contributed by atoms with Crippen molar-refractivity contribution in [1.82, 2.24) is 9.62 Å². The molecule has 0 amide bonds. The number of hydrogen-bond donors (Lipinski definition) is 1. The van der Waals surface area contributed by atoms with E-state index < -0.39 is 16.1 Å². The monoisotopic (exact) mass is 235 g/mol. The van der Waals surface area contributed by atoms with Crippen LogP contribution < -0.4 is 4.72 Å². The fourth-order valence-electron chi connectivity index (χ4n) is 1.40. The molecule has 1 N–H and O–H groups in total. The molecule has 0 bridgehead atoms. The second-order valence-electron chi connectivity index (χ2n) is 3.47. The topological polar surface area (TPSA) is 75.7 Å². The normalized spacial score (nSPS) is 21.1. The second kappa shape index (κ2) is 5.55. The molecule has 1 fully saturated rings. The third-order valence-electron chi connectivity index (χ3n) is 2.04. The molecule has 1 unspecified atom stereocenters. The van der Waals surface area contributed by atoms with Gasteiger partial charge in [-0.1, -0.05) is 0 Å². The van der Waals surface area contributed by atoms with Crippen molar-refractivity contribution in [3.63, 3.8) is 0 Å². The lowest BCUT2D eigenvalue weighted by Gasteiger charge is -2.28. The Labute approximate surface area is 89.6 Å². The van der Waals surface area contributed by atoms with Crippen LogP contribution in [0.2, 0.25) is 0 Å². The van der Waals surface area contributed by atoms with Gasteiger partial charge >= 0.3 is 0 Å². The number of sulfonamides is 1. The van der Waals surface area contributed by atoms with E-state index in [1.165, 1.54) is 0 Å². The predicted octanol–water partition coefficient (Wildman–Crippen LogP) is -1.65. The number of nitrogens with one attached hydrogen (secondary N) is 1. The van der Waals surface area contributed by atoms with Crippen LogP contribution in [0.1, 0.15) is 0 Å². The quantitative estimate of drug-likeness (QED) is 0.617. The zero-order valence-electron chi connectivity index (χ0n) is 8.60. The summed E-state index contributed by atoms with van der Waals surface area (Å²) in [5.41, 5.74) is 0. The molecule has 1 heterocycles. The van der Waals surface area contributed by atoms with Crippen LogP contribution in [-0.2, 0) is 19.6 Å². The van der Waals surface area contributed by atoms with E-state index in [4.69, 9.17) is 4.74 Å². The van der Waals surface area contributed by atoms with Gasteiger partial charge in [0.25, 0.3) is 0 Å². The van der Waals surface area contributed by atoms with Crippen LogP contribution in [0, 0.1) is 0 Å². The average Bonchev–Trinajstić information content (AvgIpc) is 2.16. The molecular formula is C8H15N2O4S. The molecule has 0 saturated carbocycles. The van der Waals surface area contributed by atoms with Gasteiger partial charge in [0.2, 0.25) is 16.3 Å². The summed E-state index contributed by atoms with van der Waals surface area (Å²) in [6.45, 7) is 3.00. The van der Waals surface area contributed by atoms with Crippen molar-refractivity contribution in [3.8, 4) is 0 Å². The standard InChI is InChI=1S/C8H15N2O4S/c1-15(12,13)9-8(7-11)6-10-2-4-14-5-3-10/h8-9H,2-6H2,1H3. The molecule has 87 valence electrons. The van der Waals surface area contributed by atoms with Crippen LogP contribution in [0.4, 0.5) is 0 Å². The highest BCUT2D eigenvalue weighted by molar-refractivity contribution is 7.88. The van der Waals surface area contributed by atoms with E-state index in [1.54, 1.807) is 6.29 Å². The van der Waals surface area contributed by atoms with E-state index in [1.807, 2.05) is 4.90 Å². The molecule has 0 aliphatic carbocycles. The van der Waals surface area contributed by atoms with Crippen LogP contribution in [0.3, 0.4) is 0 Å². The van der Waals surface area contributed by atoms with Gasteiger partial charge in [0.1, 0.15) is 6.04 Å². The van der Waals surface area contributed by atoms with Gasteiger partial charge in [-0.05, 0) is 0 Å². The number of rotatable bonds is 5. The molecule has 1 aliphatic rings. The molecule has 0 aromatic rings. The minimum Gasteiger partial charge on any atom is -0.379 e. The number of carbonyl (C=O) groups excluding carboxylic acids is 1. The van der Waals surface area contributed by atoms with Gasteiger partial charge in [0.15, 0.2) is 0 Å². The van der Waals surface area contributed by atoms with Crippen LogP contribution in [-0.4, -0.2) is 64.7 Å². The Morgan fingerprint density at radius 1 is 1.47 bits per heavy atom.